The molecule has 0 fully saturated rings. The van der Waals surface area contributed by atoms with Crippen LogP contribution < -0.4 is 9.62 Å². The topological polar surface area (TPSA) is 66.5 Å². The first-order valence-electron chi connectivity index (χ1n) is 8.50. The number of halogens is 2. The number of rotatable bonds is 9. The Bertz CT molecular complexity index is 856. The fraction of sp³-hybridized carbons (Fsp3) is 0.316. The van der Waals surface area contributed by atoms with E-state index in [0.717, 1.165) is 16.3 Å². The van der Waals surface area contributed by atoms with Crippen molar-refractivity contribution in [3.8, 4) is 0 Å². The maximum Gasteiger partial charge on any atom is 0.232 e. The van der Waals surface area contributed by atoms with Crippen LogP contribution in [0.1, 0.15) is 18.4 Å². The minimum Gasteiger partial charge on any atom is -0.356 e. The molecule has 0 spiro atoms. The Balaban J connectivity index is 1.79. The largest absolute Gasteiger partial charge is 0.356 e. The van der Waals surface area contributed by atoms with Gasteiger partial charge in [0.05, 0.1) is 11.9 Å². The average Bonchev–Trinajstić information content (AvgIpc) is 2.60. The second-order valence-corrected chi connectivity index (χ2v) is 8.96. The van der Waals surface area contributed by atoms with E-state index in [0.29, 0.717) is 25.1 Å². The van der Waals surface area contributed by atoms with Gasteiger partial charge in [-0.2, -0.15) is 0 Å². The average molecular weight is 457 g/mol. The third kappa shape index (κ3) is 7.30. The number of hydrogen-bond donors (Lipinski definition) is 1. The summed E-state index contributed by atoms with van der Waals surface area (Å²) >= 11 is 3.32. The number of benzene rings is 2. The van der Waals surface area contributed by atoms with E-state index in [-0.39, 0.29) is 24.7 Å². The van der Waals surface area contributed by atoms with Crippen LogP contribution in [0.2, 0.25) is 0 Å². The van der Waals surface area contributed by atoms with Gasteiger partial charge in [-0.1, -0.05) is 28.1 Å². The zero-order chi connectivity index (χ0) is 19.9. The highest BCUT2D eigenvalue weighted by molar-refractivity contribution is 9.10. The van der Waals surface area contributed by atoms with E-state index in [1.165, 1.54) is 16.4 Å². The van der Waals surface area contributed by atoms with E-state index in [1.807, 2.05) is 0 Å². The first kappa shape index (κ1) is 21.4. The molecule has 146 valence electrons. The summed E-state index contributed by atoms with van der Waals surface area (Å²) in [5.41, 5.74) is 1.51. The number of sulfonamides is 1. The molecule has 0 saturated heterocycles. The molecule has 2 rings (SSSR count). The van der Waals surface area contributed by atoms with Crippen LogP contribution >= 0.6 is 15.9 Å². The van der Waals surface area contributed by atoms with Gasteiger partial charge in [0, 0.05) is 24.0 Å². The highest BCUT2D eigenvalue weighted by atomic mass is 79.9. The molecule has 0 aliphatic heterocycles. The van der Waals surface area contributed by atoms with Gasteiger partial charge in [-0.05, 0) is 54.8 Å². The van der Waals surface area contributed by atoms with E-state index >= 15 is 0 Å². The Morgan fingerprint density at radius 2 is 1.74 bits per heavy atom. The van der Waals surface area contributed by atoms with Crippen LogP contribution in [0.25, 0.3) is 0 Å². The maximum absolute atomic E-state index is 12.8. The van der Waals surface area contributed by atoms with E-state index in [2.05, 4.69) is 21.2 Å². The lowest BCUT2D eigenvalue weighted by Gasteiger charge is -2.22. The summed E-state index contributed by atoms with van der Waals surface area (Å²) < 4.78 is 39.1. The molecule has 0 saturated carbocycles. The molecule has 8 heteroatoms. The van der Waals surface area contributed by atoms with E-state index in [9.17, 15) is 17.6 Å². The molecule has 27 heavy (non-hydrogen) atoms. The lowest BCUT2D eigenvalue weighted by Crippen LogP contribution is -2.32. The number of amides is 1. The number of anilines is 1. The van der Waals surface area contributed by atoms with Crippen molar-refractivity contribution in [1.29, 1.82) is 0 Å². The molecule has 0 unspecified atom stereocenters. The van der Waals surface area contributed by atoms with Crippen LogP contribution in [0.15, 0.2) is 53.0 Å². The van der Waals surface area contributed by atoms with Gasteiger partial charge in [0.1, 0.15) is 5.82 Å². The molecule has 0 aromatic heterocycles. The van der Waals surface area contributed by atoms with Crippen molar-refractivity contribution < 1.29 is 17.6 Å². The van der Waals surface area contributed by atoms with Crippen molar-refractivity contribution in [1.82, 2.24) is 5.32 Å². The predicted octanol–water partition coefficient (Wildman–Crippen LogP) is 3.49. The summed E-state index contributed by atoms with van der Waals surface area (Å²) in [5.74, 6) is -0.426. The molecule has 0 bridgehead atoms. The molecule has 0 aliphatic rings. The number of carbonyl (C=O) groups is 1. The minimum atomic E-state index is -3.43. The Labute approximate surface area is 167 Å². The van der Waals surface area contributed by atoms with Crippen molar-refractivity contribution >= 4 is 37.5 Å². The maximum atomic E-state index is 12.8. The van der Waals surface area contributed by atoms with E-state index < -0.39 is 10.0 Å². The predicted molar refractivity (Wildman–Crippen MR) is 109 cm³/mol. The highest BCUT2D eigenvalue weighted by Gasteiger charge is 2.17. The first-order valence-corrected chi connectivity index (χ1v) is 11.1. The molecule has 0 atom stereocenters. The van der Waals surface area contributed by atoms with E-state index in [4.69, 9.17) is 0 Å². The fourth-order valence-electron chi connectivity index (χ4n) is 2.56. The Morgan fingerprint density at radius 1 is 1.11 bits per heavy atom. The second kappa shape index (κ2) is 9.85. The van der Waals surface area contributed by atoms with Crippen LogP contribution in [0.5, 0.6) is 0 Å². The highest BCUT2D eigenvalue weighted by Crippen LogP contribution is 2.21. The van der Waals surface area contributed by atoms with Crippen molar-refractivity contribution in [2.75, 3.05) is 23.7 Å². The number of nitrogens with one attached hydrogen (secondary N) is 1. The van der Waals surface area contributed by atoms with Gasteiger partial charge in [0.15, 0.2) is 0 Å². The fourth-order valence-corrected chi connectivity index (χ4v) is 3.79. The van der Waals surface area contributed by atoms with Gasteiger partial charge in [0.25, 0.3) is 0 Å². The summed E-state index contributed by atoms with van der Waals surface area (Å²) in [6, 6.07) is 13.1. The minimum absolute atomic E-state index is 0.138. The molecule has 1 N–H and O–H groups in total. The molecular weight excluding hydrogens is 435 g/mol. The van der Waals surface area contributed by atoms with Crippen LogP contribution in [0.4, 0.5) is 10.1 Å². The molecule has 0 heterocycles. The molecular formula is C19H22BrFN2O3S. The lowest BCUT2D eigenvalue weighted by atomic mass is 10.1. The zero-order valence-corrected chi connectivity index (χ0v) is 17.4. The van der Waals surface area contributed by atoms with Crippen LogP contribution in [0.3, 0.4) is 0 Å². The Hall–Kier alpha value is -1.93. The van der Waals surface area contributed by atoms with Crippen molar-refractivity contribution in [2.24, 2.45) is 0 Å². The zero-order valence-electron chi connectivity index (χ0n) is 15.0. The number of carbonyl (C=O) groups excluding carboxylic acids is 1. The number of hydrogen-bond acceptors (Lipinski definition) is 3. The van der Waals surface area contributed by atoms with Gasteiger partial charge in [-0.25, -0.2) is 12.8 Å². The number of nitrogens with zero attached hydrogens (tertiary/aromatic N) is 1. The standard InChI is InChI=1S/C19H22BrFN2O3S/c1-27(25,26)23(18-10-6-16(20)7-11-18)14-2-3-19(24)22-13-12-15-4-8-17(21)9-5-15/h4-11H,2-3,12-14H2,1H3,(H,22,24). The normalized spacial score (nSPS) is 11.2. The molecule has 0 aliphatic carbocycles. The lowest BCUT2D eigenvalue weighted by molar-refractivity contribution is -0.121. The first-order chi connectivity index (χ1) is 12.8. The Morgan fingerprint density at radius 3 is 2.33 bits per heavy atom. The smallest absolute Gasteiger partial charge is 0.232 e. The summed E-state index contributed by atoms with van der Waals surface area (Å²) in [4.78, 5) is 12.0. The molecule has 5 nitrogen and oxygen atoms in total. The second-order valence-electron chi connectivity index (χ2n) is 6.14. The SMILES string of the molecule is CS(=O)(=O)N(CCCC(=O)NCCc1ccc(F)cc1)c1ccc(Br)cc1. The Kier molecular flexibility index (Phi) is 7.79. The monoisotopic (exact) mass is 456 g/mol. The van der Waals surface area contributed by atoms with Crippen molar-refractivity contribution in [2.45, 2.75) is 19.3 Å². The van der Waals surface area contributed by atoms with Gasteiger partial charge in [0.2, 0.25) is 15.9 Å². The molecule has 1 amide bonds. The van der Waals surface area contributed by atoms with Crippen LogP contribution in [-0.2, 0) is 21.2 Å². The van der Waals surface area contributed by atoms with Gasteiger partial charge in [-0.3, -0.25) is 9.10 Å². The summed E-state index contributed by atoms with van der Waals surface area (Å²) in [5, 5.41) is 2.80. The molecule has 2 aromatic rings. The summed E-state index contributed by atoms with van der Waals surface area (Å²) in [6.07, 6.45) is 2.40. The van der Waals surface area contributed by atoms with Crippen LogP contribution in [-0.4, -0.2) is 33.7 Å². The van der Waals surface area contributed by atoms with Crippen molar-refractivity contribution in [3.05, 3.63) is 64.4 Å². The van der Waals surface area contributed by atoms with E-state index in [1.54, 1.807) is 36.4 Å². The van der Waals surface area contributed by atoms with Gasteiger partial charge < -0.3 is 5.32 Å². The van der Waals surface area contributed by atoms with Gasteiger partial charge in [-0.15, -0.1) is 0 Å². The summed E-state index contributed by atoms with van der Waals surface area (Å²) in [7, 11) is -3.43. The van der Waals surface area contributed by atoms with Gasteiger partial charge >= 0.3 is 0 Å². The summed E-state index contributed by atoms with van der Waals surface area (Å²) in [6.45, 7) is 0.679. The third-order valence-corrected chi connectivity index (χ3v) is 5.65. The van der Waals surface area contributed by atoms with Crippen LogP contribution in [0, 0.1) is 5.82 Å². The molecule has 0 radical (unpaired) electrons. The molecule has 2 aromatic carbocycles. The third-order valence-electron chi connectivity index (χ3n) is 3.93. The quantitative estimate of drug-likeness (QED) is 0.627. The van der Waals surface area contributed by atoms with Crippen molar-refractivity contribution in [3.63, 3.8) is 0 Å².